The van der Waals surface area contributed by atoms with E-state index < -0.39 is 15.8 Å². The lowest BCUT2D eigenvalue weighted by Crippen LogP contribution is -2.23. The van der Waals surface area contributed by atoms with Gasteiger partial charge in [-0.2, -0.15) is 0 Å². The van der Waals surface area contributed by atoms with Gasteiger partial charge < -0.3 is 5.32 Å². The van der Waals surface area contributed by atoms with Crippen molar-refractivity contribution in [2.75, 3.05) is 11.3 Å². The van der Waals surface area contributed by atoms with Crippen molar-refractivity contribution in [3.8, 4) is 12.3 Å². The van der Waals surface area contributed by atoms with Gasteiger partial charge in [-0.15, -0.1) is 6.42 Å². The zero-order valence-electron chi connectivity index (χ0n) is 11.9. The topological polar surface area (TPSA) is 75.3 Å². The zero-order valence-corrected chi connectivity index (χ0v) is 12.7. The van der Waals surface area contributed by atoms with Gasteiger partial charge in [-0.1, -0.05) is 5.92 Å². The van der Waals surface area contributed by atoms with Crippen LogP contribution in [0.3, 0.4) is 0 Å². The molecule has 2 rings (SSSR count). The molecule has 0 radical (unpaired) electrons. The maximum Gasteiger partial charge on any atom is 0.261 e. The lowest BCUT2D eigenvalue weighted by atomic mass is 10.2. The monoisotopic (exact) mass is 332 g/mol. The number of halogens is 1. The molecule has 5 nitrogen and oxygen atoms in total. The van der Waals surface area contributed by atoms with Gasteiger partial charge >= 0.3 is 0 Å². The summed E-state index contributed by atoms with van der Waals surface area (Å²) in [4.78, 5) is 11.6. The summed E-state index contributed by atoms with van der Waals surface area (Å²) in [7, 11) is -3.82. The number of amides is 1. The number of sulfonamides is 1. The van der Waals surface area contributed by atoms with Gasteiger partial charge in [-0.25, -0.2) is 12.8 Å². The molecule has 0 aromatic heterocycles. The Bertz CT molecular complexity index is 838. The lowest BCUT2D eigenvalue weighted by Gasteiger charge is -2.09. The van der Waals surface area contributed by atoms with E-state index in [1.165, 1.54) is 36.4 Å². The molecule has 1 amide bonds. The van der Waals surface area contributed by atoms with Crippen molar-refractivity contribution in [3.05, 3.63) is 59.9 Å². The standard InChI is InChI=1S/C16H13FN2O3S/c1-2-11-18-16(20)12-3-7-14(8-4-12)19-23(21,22)15-9-5-13(17)6-10-15/h1,3-10,19H,11H2,(H,18,20). The van der Waals surface area contributed by atoms with Gasteiger partial charge in [0.05, 0.1) is 11.4 Å². The molecule has 0 saturated carbocycles. The van der Waals surface area contributed by atoms with Crippen molar-refractivity contribution in [1.82, 2.24) is 5.32 Å². The van der Waals surface area contributed by atoms with Crippen molar-refractivity contribution >= 4 is 21.6 Å². The van der Waals surface area contributed by atoms with E-state index in [4.69, 9.17) is 6.42 Å². The number of benzene rings is 2. The number of terminal acetylenes is 1. The van der Waals surface area contributed by atoms with Crippen LogP contribution in [0.15, 0.2) is 53.4 Å². The van der Waals surface area contributed by atoms with Crippen molar-refractivity contribution in [2.24, 2.45) is 0 Å². The van der Waals surface area contributed by atoms with Gasteiger partial charge in [0.1, 0.15) is 5.82 Å². The van der Waals surface area contributed by atoms with Gasteiger partial charge in [0.25, 0.3) is 15.9 Å². The normalized spacial score (nSPS) is 10.6. The van der Waals surface area contributed by atoms with Crippen LogP contribution in [0.5, 0.6) is 0 Å². The van der Waals surface area contributed by atoms with Crippen molar-refractivity contribution in [2.45, 2.75) is 4.90 Å². The van der Waals surface area contributed by atoms with Crippen LogP contribution in [0.2, 0.25) is 0 Å². The first-order chi connectivity index (χ1) is 10.9. The minimum absolute atomic E-state index is 0.0604. The van der Waals surface area contributed by atoms with Crippen molar-refractivity contribution < 1.29 is 17.6 Å². The van der Waals surface area contributed by atoms with Gasteiger partial charge in [0, 0.05) is 11.3 Å². The number of hydrogen-bond acceptors (Lipinski definition) is 3. The molecular weight excluding hydrogens is 319 g/mol. The summed E-state index contributed by atoms with van der Waals surface area (Å²) in [5.41, 5.74) is 0.632. The van der Waals surface area contributed by atoms with E-state index in [9.17, 15) is 17.6 Å². The van der Waals surface area contributed by atoms with E-state index in [1.807, 2.05) is 0 Å². The molecule has 7 heteroatoms. The van der Waals surface area contributed by atoms with Crippen LogP contribution in [0.4, 0.5) is 10.1 Å². The summed E-state index contributed by atoms with van der Waals surface area (Å²) < 4.78 is 39.5. The third kappa shape index (κ3) is 4.31. The molecule has 0 spiro atoms. The van der Waals surface area contributed by atoms with Crippen LogP contribution < -0.4 is 10.0 Å². The predicted molar refractivity (Wildman–Crippen MR) is 84.8 cm³/mol. The number of anilines is 1. The zero-order chi connectivity index (χ0) is 16.9. The van der Waals surface area contributed by atoms with Gasteiger partial charge in [0.15, 0.2) is 0 Å². The molecule has 0 aliphatic carbocycles. The third-order valence-corrected chi connectivity index (χ3v) is 4.27. The molecule has 2 aromatic carbocycles. The summed E-state index contributed by atoms with van der Waals surface area (Å²) in [6.07, 6.45) is 5.05. The van der Waals surface area contributed by atoms with Crippen LogP contribution in [0.25, 0.3) is 0 Å². The second kappa shape index (κ2) is 6.94. The molecule has 2 N–H and O–H groups in total. The lowest BCUT2D eigenvalue weighted by molar-refractivity contribution is 0.0958. The SMILES string of the molecule is C#CCNC(=O)c1ccc(NS(=O)(=O)c2ccc(F)cc2)cc1. The molecule has 23 heavy (non-hydrogen) atoms. The summed E-state index contributed by atoms with van der Waals surface area (Å²) in [6, 6.07) is 10.3. The Morgan fingerprint density at radius 1 is 1.09 bits per heavy atom. The van der Waals surface area contributed by atoms with E-state index >= 15 is 0 Å². The summed E-state index contributed by atoms with van der Waals surface area (Å²) >= 11 is 0. The Balaban J connectivity index is 2.13. The summed E-state index contributed by atoms with van der Waals surface area (Å²) in [5.74, 6) is 1.41. The maximum absolute atomic E-state index is 12.8. The first-order valence-corrected chi connectivity index (χ1v) is 8.01. The second-order valence-electron chi connectivity index (χ2n) is 4.52. The smallest absolute Gasteiger partial charge is 0.261 e. The predicted octanol–water partition coefficient (Wildman–Crippen LogP) is 1.99. The fraction of sp³-hybridized carbons (Fsp3) is 0.0625. The van der Waals surface area contributed by atoms with Crippen LogP contribution in [-0.4, -0.2) is 20.9 Å². The number of carbonyl (C=O) groups is 1. The minimum Gasteiger partial charge on any atom is -0.341 e. The molecule has 0 bridgehead atoms. The van der Waals surface area contributed by atoms with E-state index in [0.717, 1.165) is 12.1 Å². The van der Waals surface area contributed by atoms with E-state index in [-0.39, 0.29) is 23.0 Å². The molecule has 0 unspecified atom stereocenters. The average molecular weight is 332 g/mol. The highest BCUT2D eigenvalue weighted by Gasteiger charge is 2.14. The first kappa shape index (κ1) is 16.5. The molecule has 0 aliphatic heterocycles. The van der Waals surface area contributed by atoms with Crippen LogP contribution in [0, 0.1) is 18.2 Å². The van der Waals surface area contributed by atoms with Crippen molar-refractivity contribution in [1.29, 1.82) is 0 Å². The highest BCUT2D eigenvalue weighted by Crippen LogP contribution is 2.17. The fourth-order valence-electron chi connectivity index (χ4n) is 1.75. The first-order valence-electron chi connectivity index (χ1n) is 6.52. The van der Waals surface area contributed by atoms with Crippen molar-refractivity contribution in [3.63, 3.8) is 0 Å². The summed E-state index contributed by atoms with van der Waals surface area (Å²) in [6.45, 7) is 0.109. The Labute approximate surface area is 133 Å². The minimum atomic E-state index is -3.82. The van der Waals surface area contributed by atoms with Crippen LogP contribution in [-0.2, 0) is 10.0 Å². The molecule has 2 aromatic rings. The Morgan fingerprint density at radius 2 is 1.70 bits per heavy atom. The molecule has 0 heterocycles. The second-order valence-corrected chi connectivity index (χ2v) is 6.21. The molecule has 0 fully saturated rings. The van der Waals surface area contributed by atoms with Crippen LogP contribution in [0.1, 0.15) is 10.4 Å². The number of carbonyl (C=O) groups excluding carboxylic acids is 1. The van der Waals surface area contributed by atoms with Gasteiger partial charge in [-0.3, -0.25) is 9.52 Å². The third-order valence-electron chi connectivity index (χ3n) is 2.87. The number of nitrogens with one attached hydrogen (secondary N) is 2. The molecule has 0 atom stereocenters. The van der Waals surface area contributed by atoms with Gasteiger partial charge in [-0.05, 0) is 48.5 Å². The molecule has 118 valence electrons. The Hall–Kier alpha value is -2.85. The Kier molecular flexibility index (Phi) is 4.98. The number of hydrogen-bond donors (Lipinski definition) is 2. The molecule has 0 saturated heterocycles. The highest BCUT2D eigenvalue weighted by atomic mass is 32.2. The van der Waals surface area contributed by atoms with E-state index in [2.05, 4.69) is 16.0 Å². The van der Waals surface area contributed by atoms with E-state index in [0.29, 0.717) is 5.56 Å². The maximum atomic E-state index is 12.8. The number of rotatable bonds is 5. The quantitative estimate of drug-likeness (QED) is 0.822. The fourth-order valence-corrected chi connectivity index (χ4v) is 2.81. The van der Waals surface area contributed by atoms with E-state index in [1.54, 1.807) is 0 Å². The molecule has 0 aliphatic rings. The Morgan fingerprint density at radius 3 is 2.26 bits per heavy atom. The average Bonchev–Trinajstić information content (AvgIpc) is 2.53. The molecular formula is C16H13FN2O3S. The van der Waals surface area contributed by atoms with Gasteiger partial charge in [0.2, 0.25) is 0 Å². The van der Waals surface area contributed by atoms with Crippen LogP contribution >= 0.6 is 0 Å². The summed E-state index contributed by atoms with van der Waals surface area (Å²) in [5, 5.41) is 2.50. The highest BCUT2D eigenvalue weighted by molar-refractivity contribution is 7.92. The largest absolute Gasteiger partial charge is 0.341 e.